The second kappa shape index (κ2) is 4.46. The number of carbonyl (C=O) groups is 1. The highest BCUT2D eigenvalue weighted by atomic mass is 79.9. The molecule has 1 unspecified atom stereocenters. The molecule has 0 saturated heterocycles. The quantitative estimate of drug-likeness (QED) is 0.901. The predicted octanol–water partition coefficient (Wildman–Crippen LogP) is 2.01. The number of primary amides is 1. The number of carbonyl (C=O) groups excluding carboxylic acids is 1. The van der Waals surface area contributed by atoms with Gasteiger partial charge in [0.15, 0.2) is 6.10 Å². The van der Waals surface area contributed by atoms with Gasteiger partial charge in [0.1, 0.15) is 5.75 Å². The van der Waals surface area contributed by atoms with Crippen molar-refractivity contribution in [1.29, 1.82) is 0 Å². The smallest absolute Gasteiger partial charge is 0.258 e. The summed E-state index contributed by atoms with van der Waals surface area (Å²) in [5.74, 6) is 0.215. The van der Waals surface area contributed by atoms with Crippen LogP contribution in [-0.2, 0) is 4.79 Å². The van der Waals surface area contributed by atoms with E-state index in [1.807, 2.05) is 19.1 Å². The van der Waals surface area contributed by atoms with E-state index in [-0.39, 0.29) is 0 Å². The molecule has 2 N–H and O–H groups in total. The SMILES string of the molecule is Cc1cc(Br)ccc1OC(C)C(N)=O. The van der Waals surface area contributed by atoms with Crippen LogP contribution in [0.1, 0.15) is 12.5 Å². The summed E-state index contributed by atoms with van der Waals surface area (Å²) in [4.78, 5) is 10.8. The number of rotatable bonds is 3. The second-order valence-electron chi connectivity index (χ2n) is 3.07. The fraction of sp³-hybridized carbons (Fsp3) is 0.300. The van der Waals surface area contributed by atoms with Gasteiger partial charge in [-0.2, -0.15) is 0 Å². The summed E-state index contributed by atoms with van der Waals surface area (Å²) in [5.41, 5.74) is 6.06. The molecule has 0 aliphatic rings. The number of benzene rings is 1. The van der Waals surface area contributed by atoms with Gasteiger partial charge in [-0.3, -0.25) is 4.79 Å². The summed E-state index contributed by atoms with van der Waals surface area (Å²) < 4.78 is 6.35. The Balaban J connectivity index is 2.82. The van der Waals surface area contributed by atoms with E-state index in [1.54, 1.807) is 13.0 Å². The summed E-state index contributed by atoms with van der Waals surface area (Å²) in [7, 11) is 0. The lowest BCUT2D eigenvalue weighted by Gasteiger charge is -2.13. The van der Waals surface area contributed by atoms with E-state index >= 15 is 0 Å². The van der Waals surface area contributed by atoms with E-state index in [0.717, 1.165) is 10.0 Å². The Bertz CT molecular complexity index is 352. The Morgan fingerprint density at radius 3 is 2.71 bits per heavy atom. The largest absolute Gasteiger partial charge is 0.481 e. The monoisotopic (exact) mass is 257 g/mol. The second-order valence-corrected chi connectivity index (χ2v) is 3.99. The van der Waals surface area contributed by atoms with Crippen LogP contribution in [0.15, 0.2) is 22.7 Å². The molecule has 0 saturated carbocycles. The van der Waals surface area contributed by atoms with E-state index in [0.29, 0.717) is 5.75 Å². The molecule has 4 heteroatoms. The van der Waals surface area contributed by atoms with Crippen molar-refractivity contribution in [2.75, 3.05) is 0 Å². The van der Waals surface area contributed by atoms with Gasteiger partial charge in [0.2, 0.25) is 0 Å². The number of ether oxygens (including phenoxy) is 1. The first-order valence-corrected chi connectivity index (χ1v) is 5.02. The lowest BCUT2D eigenvalue weighted by atomic mass is 10.2. The van der Waals surface area contributed by atoms with Gasteiger partial charge < -0.3 is 10.5 Å². The minimum atomic E-state index is -0.602. The van der Waals surface area contributed by atoms with Gasteiger partial charge in [-0.15, -0.1) is 0 Å². The fourth-order valence-electron chi connectivity index (χ4n) is 0.994. The van der Waals surface area contributed by atoms with Crippen molar-refractivity contribution in [3.8, 4) is 5.75 Å². The summed E-state index contributed by atoms with van der Waals surface area (Å²) >= 11 is 3.34. The van der Waals surface area contributed by atoms with Crippen LogP contribution >= 0.6 is 15.9 Å². The van der Waals surface area contributed by atoms with Crippen LogP contribution in [-0.4, -0.2) is 12.0 Å². The molecule has 1 amide bonds. The van der Waals surface area contributed by atoms with Crippen molar-refractivity contribution in [2.45, 2.75) is 20.0 Å². The third-order valence-corrected chi connectivity index (χ3v) is 2.33. The van der Waals surface area contributed by atoms with E-state index < -0.39 is 12.0 Å². The normalized spacial score (nSPS) is 12.2. The third kappa shape index (κ3) is 2.73. The van der Waals surface area contributed by atoms with Crippen LogP contribution in [0, 0.1) is 6.92 Å². The molecule has 3 nitrogen and oxygen atoms in total. The molecule has 76 valence electrons. The number of hydrogen-bond acceptors (Lipinski definition) is 2. The van der Waals surface area contributed by atoms with Gasteiger partial charge in [-0.1, -0.05) is 15.9 Å². The van der Waals surface area contributed by atoms with Crippen LogP contribution < -0.4 is 10.5 Å². The molecule has 0 aliphatic heterocycles. The van der Waals surface area contributed by atoms with Crippen LogP contribution in [0.2, 0.25) is 0 Å². The summed E-state index contributed by atoms with van der Waals surface area (Å²) in [5, 5.41) is 0. The molecule has 0 fully saturated rings. The third-order valence-electron chi connectivity index (χ3n) is 1.84. The minimum Gasteiger partial charge on any atom is -0.481 e. The van der Waals surface area contributed by atoms with Gasteiger partial charge in [0.05, 0.1) is 0 Å². The molecule has 1 aromatic carbocycles. The van der Waals surface area contributed by atoms with Crippen LogP contribution in [0.25, 0.3) is 0 Å². The van der Waals surface area contributed by atoms with E-state index in [2.05, 4.69) is 15.9 Å². The average Bonchev–Trinajstić information content (AvgIpc) is 2.09. The average molecular weight is 258 g/mol. The molecule has 0 bridgehead atoms. The lowest BCUT2D eigenvalue weighted by molar-refractivity contribution is -0.123. The Morgan fingerprint density at radius 2 is 2.21 bits per heavy atom. The molecule has 0 spiro atoms. The molecule has 0 aromatic heterocycles. The van der Waals surface area contributed by atoms with Gasteiger partial charge in [0, 0.05) is 4.47 Å². The van der Waals surface area contributed by atoms with Gasteiger partial charge >= 0.3 is 0 Å². The fourth-order valence-corrected chi connectivity index (χ4v) is 1.47. The molecular weight excluding hydrogens is 246 g/mol. The highest BCUT2D eigenvalue weighted by Gasteiger charge is 2.11. The maximum Gasteiger partial charge on any atom is 0.258 e. The Hall–Kier alpha value is -1.03. The van der Waals surface area contributed by atoms with Crippen molar-refractivity contribution in [3.63, 3.8) is 0 Å². The first-order valence-electron chi connectivity index (χ1n) is 4.23. The van der Waals surface area contributed by atoms with Gasteiger partial charge in [-0.25, -0.2) is 0 Å². The highest BCUT2D eigenvalue weighted by Crippen LogP contribution is 2.22. The maximum atomic E-state index is 10.8. The van der Waals surface area contributed by atoms with Crippen molar-refractivity contribution < 1.29 is 9.53 Å². The molecular formula is C10H12BrNO2. The van der Waals surface area contributed by atoms with Crippen molar-refractivity contribution in [3.05, 3.63) is 28.2 Å². The van der Waals surface area contributed by atoms with Gasteiger partial charge in [-0.05, 0) is 37.6 Å². The predicted molar refractivity (Wildman–Crippen MR) is 58.2 cm³/mol. The standard InChI is InChI=1S/C10H12BrNO2/c1-6-5-8(11)3-4-9(6)14-7(2)10(12)13/h3-5,7H,1-2H3,(H2,12,13). The summed E-state index contributed by atoms with van der Waals surface area (Å²) in [6, 6.07) is 5.58. The minimum absolute atomic E-state index is 0.465. The Labute approximate surface area is 91.4 Å². The molecule has 1 atom stereocenters. The van der Waals surface area contributed by atoms with E-state index in [4.69, 9.17) is 10.5 Å². The molecule has 1 rings (SSSR count). The highest BCUT2D eigenvalue weighted by molar-refractivity contribution is 9.10. The van der Waals surface area contributed by atoms with Crippen molar-refractivity contribution >= 4 is 21.8 Å². The van der Waals surface area contributed by atoms with Gasteiger partial charge in [0.25, 0.3) is 5.91 Å². The van der Waals surface area contributed by atoms with E-state index in [1.165, 1.54) is 0 Å². The molecule has 0 heterocycles. The molecule has 14 heavy (non-hydrogen) atoms. The number of hydrogen-bond donors (Lipinski definition) is 1. The molecule has 0 aliphatic carbocycles. The van der Waals surface area contributed by atoms with Crippen LogP contribution in [0.3, 0.4) is 0 Å². The zero-order valence-electron chi connectivity index (χ0n) is 8.08. The number of nitrogens with two attached hydrogens (primary N) is 1. The number of halogens is 1. The number of amides is 1. The van der Waals surface area contributed by atoms with Crippen molar-refractivity contribution in [2.24, 2.45) is 5.73 Å². The zero-order chi connectivity index (χ0) is 10.7. The summed E-state index contributed by atoms with van der Waals surface area (Å²) in [6.45, 7) is 3.54. The zero-order valence-corrected chi connectivity index (χ0v) is 9.67. The Kier molecular flexibility index (Phi) is 3.52. The Morgan fingerprint density at radius 1 is 1.57 bits per heavy atom. The van der Waals surface area contributed by atoms with Crippen LogP contribution in [0.4, 0.5) is 0 Å². The topological polar surface area (TPSA) is 52.3 Å². The first-order chi connectivity index (χ1) is 6.50. The number of aryl methyl sites for hydroxylation is 1. The summed E-state index contributed by atoms with van der Waals surface area (Å²) in [6.07, 6.45) is -0.602. The van der Waals surface area contributed by atoms with Crippen molar-refractivity contribution in [1.82, 2.24) is 0 Å². The maximum absolute atomic E-state index is 10.8. The lowest BCUT2D eigenvalue weighted by Crippen LogP contribution is -2.30. The molecule has 0 radical (unpaired) electrons. The molecule has 1 aromatic rings. The van der Waals surface area contributed by atoms with Crippen LogP contribution in [0.5, 0.6) is 5.75 Å². The van der Waals surface area contributed by atoms with E-state index in [9.17, 15) is 4.79 Å². The first kappa shape index (κ1) is 11.0.